The van der Waals surface area contributed by atoms with Crippen molar-refractivity contribution < 1.29 is 9.53 Å². The van der Waals surface area contributed by atoms with Gasteiger partial charge in [-0.2, -0.15) is 0 Å². The number of rotatable bonds is 4. The first kappa shape index (κ1) is 13.4. The summed E-state index contributed by atoms with van der Waals surface area (Å²) in [5, 5.41) is 0. The van der Waals surface area contributed by atoms with Crippen molar-refractivity contribution in [1.29, 1.82) is 0 Å². The van der Waals surface area contributed by atoms with Crippen LogP contribution in [-0.2, 0) is 9.53 Å². The largest absolute Gasteiger partial charge is 0.370 e. The first-order chi connectivity index (χ1) is 7.60. The Balaban J connectivity index is 2.50. The highest BCUT2D eigenvalue weighted by molar-refractivity contribution is 5.81. The van der Waals surface area contributed by atoms with E-state index in [9.17, 15) is 4.79 Å². The lowest BCUT2D eigenvalue weighted by Crippen LogP contribution is -2.49. The van der Waals surface area contributed by atoms with Crippen molar-refractivity contribution in [2.75, 3.05) is 40.8 Å². The molecule has 0 aromatic carbocycles. The highest BCUT2D eigenvalue weighted by atomic mass is 16.5. The third-order valence-corrected chi connectivity index (χ3v) is 3.36. The van der Waals surface area contributed by atoms with Crippen LogP contribution in [0.1, 0.15) is 12.8 Å². The van der Waals surface area contributed by atoms with Crippen molar-refractivity contribution in [2.24, 2.45) is 5.73 Å². The topological polar surface area (TPSA) is 58.8 Å². The zero-order valence-corrected chi connectivity index (χ0v) is 10.5. The predicted octanol–water partition coefficient (Wildman–Crippen LogP) is -0.487. The molecule has 1 rings (SSSR count). The molecule has 0 aromatic heterocycles. The van der Waals surface area contributed by atoms with Crippen LogP contribution in [0.3, 0.4) is 0 Å². The van der Waals surface area contributed by atoms with Crippen LogP contribution < -0.4 is 5.73 Å². The van der Waals surface area contributed by atoms with Gasteiger partial charge in [0.15, 0.2) is 0 Å². The Morgan fingerprint density at radius 3 is 2.56 bits per heavy atom. The van der Waals surface area contributed by atoms with Gasteiger partial charge in [-0.05, 0) is 33.0 Å². The van der Waals surface area contributed by atoms with Gasteiger partial charge in [-0.15, -0.1) is 0 Å². The molecule has 1 heterocycles. The molecule has 0 bridgehead atoms. The Bertz CT molecular complexity index is 223. The monoisotopic (exact) mass is 229 g/mol. The minimum Gasteiger partial charge on any atom is -0.370 e. The summed E-state index contributed by atoms with van der Waals surface area (Å²) in [6.45, 7) is 2.33. The maximum absolute atomic E-state index is 12.0. The summed E-state index contributed by atoms with van der Waals surface area (Å²) in [5.41, 5.74) is 5.49. The quantitative estimate of drug-likeness (QED) is 0.707. The molecule has 1 unspecified atom stereocenters. The van der Waals surface area contributed by atoms with E-state index in [2.05, 4.69) is 11.9 Å². The number of likely N-dealkylation sites (N-methyl/N-ethyl adjacent to an activating group) is 1. The van der Waals surface area contributed by atoms with Gasteiger partial charge in [0, 0.05) is 26.7 Å². The summed E-state index contributed by atoms with van der Waals surface area (Å²) < 4.78 is 5.07. The summed E-state index contributed by atoms with van der Waals surface area (Å²) in [4.78, 5) is 16.1. The molecule has 1 amide bonds. The van der Waals surface area contributed by atoms with E-state index in [0.717, 1.165) is 25.9 Å². The van der Waals surface area contributed by atoms with Crippen LogP contribution >= 0.6 is 0 Å². The molecule has 94 valence electrons. The second-order valence-corrected chi connectivity index (χ2v) is 4.44. The highest BCUT2D eigenvalue weighted by Gasteiger charge is 2.27. The van der Waals surface area contributed by atoms with Crippen molar-refractivity contribution >= 4 is 5.91 Å². The van der Waals surface area contributed by atoms with Gasteiger partial charge in [-0.3, -0.25) is 4.79 Å². The molecular formula is C11H23N3O2. The molecule has 0 saturated carbocycles. The molecule has 16 heavy (non-hydrogen) atoms. The number of carbonyl (C=O) groups excluding carboxylic acids is 1. The standard InChI is InChI=1S/C11H23N3O2/c1-13-6-4-9(5-7-13)14(2)11(15)10(8-12)16-3/h9-10H,4-8,12H2,1-3H3. The highest BCUT2D eigenvalue weighted by Crippen LogP contribution is 2.15. The Morgan fingerprint density at radius 1 is 1.56 bits per heavy atom. The lowest BCUT2D eigenvalue weighted by Gasteiger charge is -2.36. The van der Waals surface area contributed by atoms with Crippen LogP contribution in [-0.4, -0.2) is 68.7 Å². The molecule has 0 aromatic rings. The van der Waals surface area contributed by atoms with Crippen LogP contribution in [0.2, 0.25) is 0 Å². The van der Waals surface area contributed by atoms with E-state index in [1.807, 2.05) is 7.05 Å². The number of hydrogen-bond donors (Lipinski definition) is 1. The number of nitrogens with zero attached hydrogens (tertiary/aromatic N) is 2. The fourth-order valence-electron chi connectivity index (χ4n) is 2.09. The average Bonchev–Trinajstić information content (AvgIpc) is 2.30. The summed E-state index contributed by atoms with van der Waals surface area (Å²) in [6, 6.07) is 0.327. The van der Waals surface area contributed by atoms with E-state index in [1.54, 1.807) is 4.90 Å². The minimum atomic E-state index is -0.496. The van der Waals surface area contributed by atoms with E-state index in [-0.39, 0.29) is 12.5 Å². The van der Waals surface area contributed by atoms with E-state index >= 15 is 0 Å². The maximum Gasteiger partial charge on any atom is 0.252 e. The van der Waals surface area contributed by atoms with Gasteiger partial charge in [-0.25, -0.2) is 0 Å². The van der Waals surface area contributed by atoms with Crippen molar-refractivity contribution in [3.8, 4) is 0 Å². The second kappa shape index (κ2) is 6.18. The fraction of sp³-hybridized carbons (Fsp3) is 0.909. The minimum absolute atomic E-state index is 0.000414. The van der Waals surface area contributed by atoms with Crippen LogP contribution in [0.25, 0.3) is 0 Å². The summed E-state index contributed by atoms with van der Waals surface area (Å²) in [5.74, 6) is -0.000414. The molecule has 1 aliphatic heterocycles. The first-order valence-electron chi connectivity index (χ1n) is 5.78. The molecule has 1 fully saturated rings. The number of carbonyl (C=O) groups is 1. The second-order valence-electron chi connectivity index (χ2n) is 4.44. The van der Waals surface area contributed by atoms with Gasteiger partial charge in [-0.1, -0.05) is 0 Å². The summed E-state index contributed by atoms with van der Waals surface area (Å²) >= 11 is 0. The van der Waals surface area contributed by atoms with Crippen LogP contribution in [0.5, 0.6) is 0 Å². The number of methoxy groups -OCH3 is 1. The smallest absolute Gasteiger partial charge is 0.252 e. The Morgan fingerprint density at radius 2 is 2.12 bits per heavy atom. The van der Waals surface area contributed by atoms with Gasteiger partial charge in [0.1, 0.15) is 6.10 Å². The van der Waals surface area contributed by atoms with E-state index in [4.69, 9.17) is 10.5 Å². The van der Waals surface area contributed by atoms with Crippen molar-refractivity contribution in [3.63, 3.8) is 0 Å². The van der Waals surface area contributed by atoms with Gasteiger partial charge < -0.3 is 20.3 Å². The normalized spacial score (nSPS) is 20.8. The third kappa shape index (κ3) is 3.17. The number of nitrogens with two attached hydrogens (primary N) is 1. The van der Waals surface area contributed by atoms with Gasteiger partial charge in [0.2, 0.25) is 0 Å². The van der Waals surface area contributed by atoms with Crippen molar-refractivity contribution in [1.82, 2.24) is 9.80 Å². The van der Waals surface area contributed by atoms with Crippen molar-refractivity contribution in [2.45, 2.75) is 25.0 Å². The average molecular weight is 229 g/mol. The fourth-order valence-corrected chi connectivity index (χ4v) is 2.09. The first-order valence-corrected chi connectivity index (χ1v) is 5.78. The zero-order chi connectivity index (χ0) is 12.1. The number of ether oxygens (including phenoxy) is 1. The number of piperidine rings is 1. The van der Waals surface area contributed by atoms with E-state index in [1.165, 1.54) is 7.11 Å². The van der Waals surface area contributed by atoms with Crippen LogP contribution in [0.15, 0.2) is 0 Å². The molecule has 5 heteroatoms. The Kier molecular flexibility index (Phi) is 5.18. The van der Waals surface area contributed by atoms with Crippen LogP contribution in [0.4, 0.5) is 0 Å². The zero-order valence-electron chi connectivity index (χ0n) is 10.5. The van der Waals surface area contributed by atoms with E-state index in [0.29, 0.717) is 6.04 Å². The lowest BCUT2D eigenvalue weighted by atomic mass is 10.0. The molecule has 2 N–H and O–H groups in total. The van der Waals surface area contributed by atoms with E-state index < -0.39 is 6.10 Å². The maximum atomic E-state index is 12.0. The third-order valence-electron chi connectivity index (χ3n) is 3.36. The summed E-state index contributed by atoms with van der Waals surface area (Å²) in [6.07, 6.45) is 1.56. The molecule has 0 spiro atoms. The Labute approximate surface area is 97.5 Å². The van der Waals surface area contributed by atoms with Crippen LogP contribution in [0, 0.1) is 0 Å². The lowest BCUT2D eigenvalue weighted by molar-refractivity contribution is -0.143. The van der Waals surface area contributed by atoms with Crippen molar-refractivity contribution in [3.05, 3.63) is 0 Å². The van der Waals surface area contributed by atoms with Gasteiger partial charge in [0.05, 0.1) is 0 Å². The Hall–Kier alpha value is -0.650. The molecule has 0 aliphatic carbocycles. The molecule has 0 radical (unpaired) electrons. The number of amides is 1. The molecule has 1 aliphatic rings. The molecular weight excluding hydrogens is 206 g/mol. The number of hydrogen-bond acceptors (Lipinski definition) is 4. The number of likely N-dealkylation sites (tertiary alicyclic amines) is 1. The predicted molar refractivity (Wildman–Crippen MR) is 63.1 cm³/mol. The van der Waals surface area contributed by atoms with Gasteiger partial charge >= 0.3 is 0 Å². The summed E-state index contributed by atoms with van der Waals surface area (Å²) in [7, 11) is 5.48. The SMILES string of the molecule is COC(CN)C(=O)N(C)C1CCN(C)CC1. The molecule has 5 nitrogen and oxygen atoms in total. The van der Waals surface area contributed by atoms with Gasteiger partial charge in [0.25, 0.3) is 5.91 Å². The molecule has 1 atom stereocenters. The molecule has 1 saturated heterocycles.